The van der Waals surface area contributed by atoms with Crippen LogP contribution >= 0.6 is 0 Å². The van der Waals surface area contributed by atoms with Crippen molar-refractivity contribution in [3.8, 4) is 11.5 Å². The van der Waals surface area contributed by atoms with Gasteiger partial charge in [0.15, 0.2) is 11.5 Å². The third-order valence-electron chi connectivity index (χ3n) is 4.44. The van der Waals surface area contributed by atoms with Gasteiger partial charge in [0.1, 0.15) is 12.4 Å². The van der Waals surface area contributed by atoms with Crippen LogP contribution in [0.4, 0.5) is 0 Å². The monoisotopic (exact) mass is 332 g/mol. The molecule has 0 bridgehead atoms. The van der Waals surface area contributed by atoms with Gasteiger partial charge in [-0.3, -0.25) is 4.79 Å². The maximum atomic E-state index is 12.7. The van der Waals surface area contributed by atoms with E-state index < -0.39 is 0 Å². The molecule has 1 aromatic rings. The van der Waals surface area contributed by atoms with Gasteiger partial charge in [-0.15, -0.1) is 0 Å². The first-order chi connectivity index (χ1) is 11.7. The number of ether oxygens (including phenoxy) is 4. The van der Waals surface area contributed by atoms with Gasteiger partial charge in [-0.1, -0.05) is 12.1 Å². The molecule has 24 heavy (non-hydrogen) atoms. The van der Waals surface area contributed by atoms with Crippen molar-refractivity contribution in [2.45, 2.75) is 45.3 Å². The van der Waals surface area contributed by atoms with Crippen molar-refractivity contribution in [1.82, 2.24) is 0 Å². The second-order valence-corrected chi connectivity index (χ2v) is 6.00. The minimum Gasteiger partial charge on any atom is -0.493 e. The van der Waals surface area contributed by atoms with Crippen molar-refractivity contribution in [2.24, 2.45) is 5.92 Å². The van der Waals surface area contributed by atoms with E-state index >= 15 is 0 Å². The highest BCUT2D eigenvalue weighted by Gasteiger charge is 2.41. The number of carbonyl (C=O) groups is 1. The molecule has 2 aliphatic rings. The molecule has 0 N–H and O–H groups in total. The van der Waals surface area contributed by atoms with Gasteiger partial charge in [0.25, 0.3) is 0 Å². The number of Topliss-reactive ketones (excluding diaryl/α,β-unsaturated/α-hetero) is 1. The zero-order chi connectivity index (χ0) is 16.9. The Balaban J connectivity index is 1.71. The number of fused-ring (bicyclic) bond motifs is 1. The summed E-state index contributed by atoms with van der Waals surface area (Å²) in [6, 6.07) is 7.33. The summed E-state index contributed by atoms with van der Waals surface area (Å²) in [5.41, 5.74) is 0. The molecule has 0 aromatic heterocycles. The third kappa shape index (κ3) is 3.56. The number of carbonyl (C=O) groups excluding carboxylic acids is 1. The first-order valence-electron chi connectivity index (χ1n) is 8.64. The molecule has 1 aliphatic heterocycles. The van der Waals surface area contributed by atoms with Gasteiger partial charge in [0.05, 0.1) is 18.6 Å². The molecule has 1 fully saturated rings. The standard InChI is InChI=1S/C19H24O5/c1-3-21-13-9-10-14-17(11-13)23-12-18(19(14)20)24-16-8-6-5-7-15(16)22-4-2/h5-8,12-14,17H,3-4,9-11H2,1-2H3. The maximum Gasteiger partial charge on any atom is 0.208 e. The van der Waals surface area contributed by atoms with Gasteiger partial charge in [-0.2, -0.15) is 0 Å². The Labute approximate surface area is 142 Å². The lowest BCUT2D eigenvalue weighted by Gasteiger charge is -2.37. The molecule has 0 spiro atoms. The molecule has 0 radical (unpaired) electrons. The Morgan fingerprint density at radius 1 is 1.12 bits per heavy atom. The molecule has 1 aliphatic carbocycles. The lowest BCUT2D eigenvalue weighted by Crippen LogP contribution is -2.42. The van der Waals surface area contributed by atoms with Crippen molar-refractivity contribution in [3.63, 3.8) is 0 Å². The van der Waals surface area contributed by atoms with E-state index in [0.717, 1.165) is 19.3 Å². The van der Waals surface area contributed by atoms with E-state index in [1.165, 1.54) is 6.26 Å². The Hall–Kier alpha value is -2.01. The molecule has 5 heteroatoms. The summed E-state index contributed by atoms with van der Waals surface area (Å²) >= 11 is 0. The van der Waals surface area contributed by atoms with E-state index in [9.17, 15) is 4.79 Å². The highest BCUT2D eigenvalue weighted by Crippen LogP contribution is 2.36. The third-order valence-corrected chi connectivity index (χ3v) is 4.44. The molecule has 1 saturated carbocycles. The van der Waals surface area contributed by atoms with Gasteiger partial charge < -0.3 is 18.9 Å². The Bertz CT molecular complexity index is 610. The van der Waals surface area contributed by atoms with Gasteiger partial charge in [0.2, 0.25) is 11.5 Å². The number of para-hydroxylation sites is 2. The van der Waals surface area contributed by atoms with E-state index in [1.807, 2.05) is 32.0 Å². The number of hydrogen-bond donors (Lipinski definition) is 0. The van der Waals surface area contributed by atoms with E-state index in [2.05, 4.69) is 0 Å². The van der Waals surface area contributed by atoms with E-state index in [4.69, 9.17) is 18.9 Å². The molecule has 3 atom stereocenters. The minimum atomic E-state index is -0.152. The molecule has 0 amide bonds. The zero-order valence-electron chi connectivity index (χ0n) is 14.2. The summed E-state index contributed by atoms with van der Waals surface area (Å²) in [5.74, 6) is 1.26. The first-order valence-corrected chi connectivity index (χ1v) is 8.64. The number of allylic oxidation sites excluding steroid dienone is 1. The van der Waals surface area contributed by atoms with Gasteiger partial charge in [-0.25, -0.2) is 0 Å². The van der Waals surface area contributed by atoms with E-state index in [-0.39, 0.29) is 29.7 Å². The fourth-order valence-electron chi connectivity index (χ4n) is 3.32. The highest BCUT2D eigenvalue weighted by molar-refractivity contribution is 5.96. The predicted octanol–water partition coefficient (Wildman–Crippen LogP) is 3.48. The van der Waals surface area contributed by atoms with Crippen molar-refractivity contribution >= 4 is 5.78 Å². The quantitative estimate of drug-likeness (QED) is 0.798. The van der Waals surface area contributed by atoms with Crippen molar-refractivity contribution in [3.05, 3.63) is 36.3 Å². The van der Waals surface area contributed by atoms with Crippen LogP contribution in [0.3, 0.4) is 0 Å². The first kappa shape index (κ1) is 16.8. The summed E-state index contributed by atoms with van der Waals surface area (Å²) in [5, 5.41) is 0. The summed E-state index contributed by atoms with van der Waals surface area (Å²) in [7, 11) is 0. The van der Waals surface area contributed by atoms with Crippen LogP contribution in [0.2, 0.25) is 0 Å². The van der Waals surface area contributed by atoms with Crippen LogP contribution in [0.15, 0.2) is 36.3 Å². The number of ketones is 1. The van der Waals surface area contributed by atoms with E-state index in [0.29, 0.717) is 24.7 Å². The summed E-state index contributed by atoms with van der Waals surface area (Å²) in [6.07, 6.45) is 3.91. The van der Waals surface area contributed by atoms with Crippen molar-refractivity contribution in [2.75, 3.05) is 13.2 Å². The van der Waals surface area contributed by atoms with Crippen LogP contribution in [0, 0.1) is 5.92 Å². The molecular weight excluding hydrogens is 308 g/mol. The van der Waals surface area contributed by atoms with Crippen LogP contribution in [-0.2, 0) is 14.3 Å². The molecule has 130 valence electrons. The Kier molecular flexibility index (Phi) is 5.41. The predicted molar refractivity (Wildman–Crippen MR) is 89.0 cm³/mol. The second-order valence-electron chi connectivity index (χ2n) is 6.00. The number of benzene rings is 1. The average Bonchev–Trinajstić information content (AvgIpc) is 2.59. The lowest BCUT2D eigenvalue weighted by atomic mass is 9.80. The molecule has 3 rings (SSSR count). The SMILES string of the molecule is CCOc1ccccc1OC1=COC2CC(OCC)CCC2C1=O. The lowest BCUT2D eigenvalue weighted by molar-refractivity contribution is -0.133. The van der Waals surface area contributed by atoms with Crippen LogP contribution in [0.25, 0.3) is 0 Å². The summed E-state index contributed by atoms with van der Waals surface area (Å²) < 4.78 is 22.8. The Morgan fingerprint density at radius 3 is 2.67 bits per heavy atom. The van der Waals surface area contributed by atoms with Crippen molar-refractivity contribution in [1.29, 1.82) is 0 Å². The minimum absolute atomic E-state index is 0.00694. The zero-order valence-corrected chi connectivity index (χ0v) is 14.2. The highest BCUT2D eigenvalue weighted by atomic mass is 16.5. The topological polar surface area (TPSA) is 54.0 Å². The van der Waals surface area contributed by atoms with Gasteiger partial charge in [0, 0.05) is 13.0 Å². The number of rotatable bonds is 6. The van der Waals surface area contributed by atoms with Crippen LogP contribution < -0.4 is 9.47 Å². The van der Waals surface area contributed by atoms with Gasteiger partial charge >= 0.3 is 0 Å². The van der Waals surface area contributed by atoms with Crippen molar-refractivity contribution < 1.29 is 23.7 Å². The van der Waals surface area contributed by atoms with Gasteiger partial charge in [-0.05, 0) is 38.8 Å². The maximum absolute atomic E-state index is 12.7. The second kappa shape index (κ2) is 7.71. The summed E-state index contributed by atoms with van der Waals surface area (Å²) in [6.45, 7) is 5.12. The van der Waals surface area contributed by atoms with Crippen LogP contribution in [0.1, 0.15) is 33.1 Å². The molecule has 1 heterocycles. The molecule has 3 unspecified atom stereocenters. The number of hydrogen-bond acceptors (Lipinski definition) is 5. The fraction of sp³-hybridized carbons (Fsp3) is 0.526. The van der Waals surface area contributed by atoms with E-state index in [1.54, 1.807) is 6.07 Å². The molecule has 5 nitrogen and oxygen atoms in total. The Morgan fingerprint density at radius 2 is 1.92 bits per heavy atom. The average molecular weight is 332 g/mol. The molecular formula is C19H24O5. The molecule has 0 saturated heterocycles. The fourth-order valence-corrected chi connectivity index (χ4v) is 3.32. The van der Waals surface area contributed by atoms with Crippen LogP contribution in [0.5, 0.6) is 11.5 Å². The smallest absolute Gasteiger partial charge is 0.208 e. The largest absolute Gasteiger partial charge is 0.493 e. The normalized spacial score (nSPS) is 26.2. The molecule has 1 aromatic carbocycles. The van der Waals surface area contributed by atoms with Crippen LogP contribution in [-0.4, -0.2) is 31.2 Å². The summed E-state index contributed by atoms with van der Waals surface area (Å²) in [4.78, 5) is 12.7.